The molecule has 1 aliphatic carbocycles. The lowest BCUT2D eigenvalue weighted by atomic mass is 9.85. The van der Waals surface area contributed by atoms with Crippen LogP contribution in [0, 0.1) is 5.92 Å². The molecule has 4 heterocycles. The predicted molar refractivity (Wildman–Crippen MR) is 123 cm³/mol. The van der Waals surface area contributed by atoms with Crippen LogP contribution >= 0.6 is 0 Å². The fourth-order valence-corrected chi connectivity index (χ4v) is 5.70. The van der Waals surface area contributed by atoms with Gasteiger partial charge in [-0.1, -0.05) is 6.07 Å². The van der Waals surface area contributed by atoms with E-state index < -0.39 is 24.2 Å². The Hall–Kier alpha value is -3.21. The molecular formula is C24H26F3N7O. The number of benzene rings is 1. The van der Waals surface area contributed by atoms with E-state index in [1.165, 1.54) is 6.20 Å². The molecule has 2 aromatic heterocycles. The molecule has 11 heteroatoms. The van der Waals surface area contributed by atoms with Gasteiger partial charge in [0.2, 0.25) is 5.95 Å². The number of nitrogens with one attached hydrogen (secondary N) is 1. The van der Waals surface area contributed by atoms with Crippen LogP contribution in [0.4, 0.5) is 19.1 Å². The van der Waals surface area contributed by atoms with Crippen LogP contribution in [0.25, 0.3) is 22.4 Å². The molecule has 0 spiro atoms. The molecule has 6 rings (SSSR count). The third-order valence-electron chi connectivity index (χ3n) is 7.42. The first kappa shape index (κ1) is 22.3. The van der Waals surface area contributed by atoms with Crippen molar-refractivity contribution in [1.29, 1.82) is 0 Å². The minimum absolute atomic E-state index is 0.00201. The van der Waals surface area contributed by atoms with Crippen LogP contribution in [0.1, 0.15) is 32.1 Å². The zero-order valence-corrected chi connectivity index (χ0v) is 19.2. The Morgan fingerprint density at radius 1 is 1.09 bits per heavy atom. The largest absolute Gasteiger partial charge is 0.507 e. The zero-order chi connectivity index (χ0) is 24.3. The summed E-state index contributed by atoms with van der Waals surface area (Å²) in [5, 5.41) is 26.4. The Labute approximate surface area is 200 Å². The second kappa shape index (κ2) is 8.18. The first-order chi connectivity index (χ1) is 16.8. The highest BCUT2D eigenvalue weighted by Gasteiger charge is 2.57. The van der Waals surface area contributed by atoms with Crippen molar-refractivity contribution in [3.8, 4) is 28.1 Å². The third kappa shape index (κ3) is 4.11. The van der Waals surface area contributed by atoms with Gasteiger partial charge in [-0.2, -0.15) is 18.3 Å². The van der Waals surface area contributed by atoms with Crippen LogP contribution in [-0.4, -0.2) is 60.4 Å². The summed E-state index contributed by atoms with van der Waals surface area (Å²) in [5.41, 5.74) is 2.48. The maximum Gasteiger partial charge on any atom is 0.395 e. The number of hydrogen-bond acceptors (Lipinski definition) is 7. The number of anilines is 1. The quantitative estimate of drug-likeness (QED) is 0.570. The van der Waals surface area contributed by atoms with E-state index in [0.717, 1.165) is 30.4 Å². The second-order valence-corrected chi connectivity index (χ2v) is 9.83. The number of aromatic hydroxyl groups is 1. The van der Waals surface area contributed by atoms with E-state index in [1.807, 2.05) is 19.3 Å². The summed E-state index contributed by atoms with van der Waals surface area (Å²) >= 11 is 0. The standard InChI is InChI=1S/C24H26F3N7O/c1-33-12-14(10-29-33)13-2-6-17(21(35)8-13)19-11-28-23(32-31-19)34(16-4-5-16)20-9-15-3-7-18(30-15)22(20)24(25,26)27/h2,6,8,10-12,15-16,18,20,22,30,35H,3-5,7,9H2,1H3/t15-,18-,20+,22-/m0/s1. The minimum Gasteiger partial charge on any atom is -0.507 e. The van der Waals surface area contributed by atoms with Gasteiger partial charge >= 0.3 is 6.18 Å². The van der Waals surface area contributed by atoms with E-state index in [4.69, 9.17) is 0 Å². The zero-order valence-electron chi connectivity index (χ0n) is 19.2. The van der Waals surface area contributed by atoms with E-state index in [1.54, 1.807) is 27.9 Å². The van der Waals surface area contributed by atoms with Crippen molar-refractivity contribution < 1.29 is 18.3 Å². The van der Waals surface area contributed by atoms with Gasteiger partial charge in [-0.3, -0.25) is 4.68 Å². The van der Waals surface area contributed by atoms with E-state index in [-0.39, 0.29) is 23.8 Å². The smallest absolute Gasteiger partial charge is 0.395 e. The third-order valence-corrected chi connectivity index (χ3v) is 7.42. The molecule has 3 aromatic rings. The normalized spacial score (nSPS) is 26.2. The summed E-state index contributed by atoms with van der Waals surface area (Å²) < 4.78 is 44.1. The number of halogens is 3. The van der Waals surface area contributed by atoms with E-state index in [0.29, 0.717) is 24.1 Å². The maximum absolute atomic E-state index is 14.1. The van der Waals surface area contributed by atoms with Crippen molar-refractivity contribution in [2.24, 2.45) is 13.0 Å². The van der Waals surface area contributed by atoms with Crippen molar-refractivity contribution in [3.05, 3.63) is 36.8 Å². The Morgan fingerprint density at radius 3 is 2.54 bits per heavy atom. The first-order valence-electron chi connectivity index (χ1n) is 11.9. The van der Waals surface area contributed by atoms with Crippen molar-refractivity contribution in [3.63, 3.8) is 0 Å². The van der Waals surface area contributed by atoms with Gasteiger partial charge < -0.3 is 15.3 Å². The fraction of sp³-hybridized carbons (Fsp3) is 0.500. The lowest BCUT2D eigenvalue weighted by molar-refractivity contribution is -0.191. The number of phenolic OH excluding ortho intramolecular Hbond substituents is 1. The summed E-state index contributed by atoms with van der Waals surface area (Å²) in [4.78, 5) is 6.21. The molecule has 3 fully saturated rings. The summed E-state index contributed by atoms with van der Waals surface area (Å²) in [6.07, 6.45) is 4.09. The average molecular weight is 486 g/mol. The highest BCUT2D eigenvalue weighted by molar-refractivity contribution is 5.73. The molecule has 0 amide bonds. The molecule has 0 unspecified atom stereocenters. The molecule has 4 atom stereocenters. The molecule has 2 aliphatic heterocycles. The number of phenols is 1. The van der Waals surface area contributed by atoms with Gasteiger partial charge in [-0.25, -0.2) is 4.98 Å². The second-order valence-electron chi connectivity index (χ2n) is 9.83. The van der Waals surface area contributed by atoms with Gasteiger partial charge in [0.15, 0.2) is 0 Å². The number of aryl methyl sites for hydroxylation is 1. The Morgan fingerprint density at radius 2 is 1.91 bits per heavy atom. The molecule has 184 valence electrons. The molecule has 8 nitrogen and oxygen atoms in total. The Bertz CT molecular complexity index is 1220. The number of fused-ring (bicyclic) bond motifs is 2. The summed E-state index contributed by atoms with van der Waals surface area (Å²) in [5.74, 6) is -1.22. The Kier molecular flexibility index (Phi) is 5.21. The van der Waals surface area contributed by atoms with Crippen LogP contribution in [0.2, 0.25) is 0 Å². The molecular weight excluding hydrogens is 459 g/mol. The van der Waals surface area contributed by atoms with Gasteiger partial charge in [0.05, 0.1) is 18.3 Å². The average Bonchev–Trinajstić information content (AvgIpc) is 3.44. The molecule has 2 N–H and O–H groups in total. The number of rotatable bonds is 5. The van der Waals surface area contributed by atoms with Gasteiger partial charge in [-0.05, 0) is 49.8 Å². The minimum atomic E-state index is -4.31. The molecule has 0 radical (unpaired) electrons. The van der Waals surface area contributed by atoms with Crippen molar-refractivity contribution in [2.45, 2.75) is 62.4 Å². The lowest BCUT2D eigenvalue weighted by Crippen LogP contribution is -2.60. The highest BCUT2D eigenvalue weighted by atomic mass is 19.4. The number of hydrogen-bond donors (Lipinski definition) is 2. The summed E-state index contributed by atoms with van der Waals surface area (Å²) in [6.45, 7) is 0. The van der Waals surface area contributed by atoms with Gasteiger partial charge in [0.1, 0.15) is 11.4 Å². The fourth-order valence-electron chi connectivity index (χ4n) is 5.70. The number of nitrogens with zero attached hydrogens (tertiary/aromatic N) is 6. The number of aromatic nitrogens is 5. The van der Waals surface area contributed by atoms with Crippen LogP contribution in [0.5, 0.6) is 5.75 Å². The molecule has 2 bridgehead atoms. The number of alkyl halides is 3. The molecule has 2 saturated heterocycles. The van der Waals surface area contributed by atoms with Crippen LogP contribution in [0.15, 0.2) is 36.8 Å². The van der Waals surface area contributed by atoms with Crippen LogP contribution < -0.4 is 10.2 Å². The number of piperidine rings is 1. The SMILES string of the molecule is Cn1cc(-c2ccc(-c3cnc(N(C4CC4)[C@@H]4C[C@@H]5CC[C@H](N5)[C@@H]4C(F)(F)F)nn3)c(O)c2)cn1. The van der Waals surface area contributed by atoms with E-state index in [2.05, 4.69) is 25.6 Å². The lowest BCUT2D eigenvalue weighted by Gasteiger charge is -2.44. The Balaban J connectivity index is 1.29. The molecule has 1 aromatic carbocycles. The first-order valence-corrected chi connectivity index (χ1v) is 11.9. The summed E-state index contributed by atoms with van der Waals surface area (Å²) in [7, 11) is 1.82. The predicted octanol–water partition coefficient (Wildman–Crippen LogP) is 3.68. The molecule has 1 saturated carbocycles. The molecule has 3 aliphatic rings. The van der Waals surface area contributed by atoms with Crippen molar-refractivity contribution in [2.75, 3.05) is 4.90 Å². The molecule has 35 heavy (non-hydrogen) atoms. The van der Waals surface area contributed by atoms with E-state index >= 15 is 0 Å². The van der Waals surface area contributed by atoms with E-state index in [9.17, 15) is 18.3 Å². The van der Waals surface area contributed by atoms with Crippen LogP contribution in [0.3, 0.4) is 0 Å². The van der Waals surface area contributed by atoms with Gasteiger partial charge in [0.25, 0.3) is 0 Å². The highest BCUT2D eigenvalue weighted by Crippen LogP contribution is 2.46. The van der Waals surface area contributed by atoms with Gasteiger partial charge in [0, 0.05) is 48.5 Å². The van der Waals surface area contributed by atoms with Crippen molar-refractivity contribution in [1.82, 2.24) is 30.3 Å². The topological polar surface area (TPSA) is 92.0 Å². The van der Waals surface area contributed by atoms with Crippen LogP contribution in [-0.2, 0) is 7.05 Å². The van der Waals surface area contributed by atoms with Gasteiger partial charge in [-0.15, -0.1) is 10.2 Å². The van der Waals surface area contributed by atoms with Crippen molar-refractivity contribution >= 4 is 5.95 Å². The maximum atomic E-state index is 14.1. The summed E-state index contributed by atoms with van der Waals surface area (Å²) in [6, 6.07) is 4.01. The monoisotopic (exact) mass is 485 g/mol.